The summed E-state index contributed by atoms with van der Waals surface area (Å²) in [4.78, 5) is 11.9. The maximum Gasteiger partial charge on any atom is 0.252 e. The lowest BCUT2D eigenvalue weighted by Crippen LogP contribution is -2.40. The molecule has 3 rings (SSSR count). The molecule has 3 heterocycles. The normalized spacial score (nSPS) is 18.7. The van der Waals surface area contributed by atoms with Crippen LogP contribution in [0, 0.1) is 0 Å². The third kappa shape index (κ3) is 2.10. The molecular formula is C12H13N3OS. The summed E-state index contributed by atoms with van der Waals surface area (Å²) in [5.41, 5.74) is 1.96. The van der Waals surface area contributed by atoms with Crippen LogP contribution in [-0.4, -0.2) is 21.7 Å². The lowest BCUT2D eigenvalue weighted by Gasteiger charge is -2.24. The van der Waals surface area contributed by atoms with Crippen molar-refractivity contribution in [3.05, 3.63) is 40.3 Å². The lowest BCUT2D eigenvalue weighted by atomic mass is 10.0. The number of nitrogens with one attached hydrogen (secondary N) is 1. The highest BCUT2D eigenvalue weighted by Gasteiger charge is 2.20. The SMILES string of the molecule is O=C(N[C@H]1CCn2nccc2C1)c1ccsc1. The largest absolute Gasteiger partial charge is 0.349 e. The molecule has 0 fully saturated rings. The Kier molecular flexibility index (Phi) is 2.68. The summed E-state index contributed by atoms with van der Waals surface area (Å²) >= 11 is 1.54. The van der Waals surface area contributed by atoms with Gasteiger partial charge in [0.05, 0.1) is 0 Å². The molecular weight excluding hydrogens is 234 g/mol. The van der Waals surface area contributed by atoms with Crippen LogP contribution in [0.25, 0.3) is 0 Å². The van der Waals surface area contributed by atoms with Crippen molar-refractivity contribution in [2.24, 2.45) is 0 Å². The van der Waals surface area contributed by atoms with Gasteiger partial charge in [0.25, 0.3) is 5.91 Å². The highest BCUT2D eigenvalue weighted by Crippen LogP contribution is 2.14. The zero-order chi connectivity index (χ0) is 11.7. The van der Waals surface area contributed by atoms with E-state index in [2.05, 4.69) is 10.4 Å². The molecule has 2 aromatic heterocycles. The second kappa shape index (κ2) is 4.33. The second-order valence-corrected chi connectivity index (χ2v) is 5.00. The predicted molar refractivity (Wildman–Crippen MR) is 66.1 cm³/mol. The van der Waals surface area contributed by atoms with Gasteiger partial charge in [-0.3, -0.25) is 9.48 Å². The van der Waals surface area contributed by atoms with Gasteiger partial charge in [-0.1, -0.05) is 0 Å². The van der Waals surface area contributed by atoms with Crippen molar-refractivity contribution < 1.29 is 4.79 Å². The van der Waals surface area contributed by atoms with E-state index in [1.807, 2.05) is 33.8 Å². The Labute approximate surface area is 103 Å². The molecule has 17 heavy (non-hydrogen) atoms. The monoisotopic (exact) mass is 247 g/mol. The number of carbonyl (C=O) groups is 1. The summed E-state index contributed by atoms with van der Waals surface area (Å²) in [6.45, 7) is 0.886. The zero-order valence-electron chi connectivity index (χ0n) is 9.30. The molecule has 5 heteroatoms. The van der Waals surface area contributed by atoms with Crippen molar-refractivity contribution in [2.45, 2.75) is 25.4 Å². The topological polar surface area (TPSA) is 46.9 Å². The average molecular weight is 247 g/mol. The number of nitrogens with zero attached hydrogens (tertiary/aromatic N) is 2. The van der Waals surface area contributed by atoms with Crippen LogP contribution in [0.3, 0.4) is 0 Å². The first-order chi connectivity index (χ1) is 8.33. The van der Waals surface area contributed by atoms with E-state index in [-0.39, 0.29) is 11.9 Å². The molecule has 0 bridgehead atoms. The van der Waals surface area contributed by atoms with Gasteiger partial charge in [-0.15, -0.1) is 0 Å². The number of amides is 1. The van der Waals surface area contributed by atoms with E-state index in [0.717, 1.165) is 24.9 Å². The van der Waals surface area contributed by atoms with Crippen molar-refractivity contribution in [1.82, 2.24) is 15.1 Å². The number of aromatic nitrogens is 2. The molecule has 1 aliphatic rings. The van der Waals surface area contributed by atoms with E-state index in [4.69, 9.17) is 0 Å². The Morgan fingerprint density at radius 1 is 1.53 bits per heavy atom. The van der Waals surface area contributed by atoms with Crippen LogP contribution in [0.1, 0.15) is 22.5 Å². The molecule has 88 valence electrons. The highest BCUT2D eigenvalue weighted by atomic mass is 32.1. The second-order valence-electron chi connectivity index (χ2n) is 4.22. The minimum absolute atomic E-state index is 0.0317. The van der Waals surface area contributed by atoms with Crippen LogP contribution < -0.4 is 5.32 Å². The van der Waals surface area contributed by atoms with Crippen LogP contribution in [0.15, 0.2) is 29.1 Å². The fourth-order valence-corrected chi connectivity index (χ4v) is 2.79. The van der Waals surface area contributed by atoms with Gasteiger partial charge in [0.2, 0.25) is 0 Å². The summed E-state index contributed by atoms with van der Waals surface area (Å²) in [7, 11) is 0. The predicted octanol–water partition coefficient (Wildman–Crippen LogP) is 1.69. The fraction of sp³-hybridized carbons (Fsp3) is 0.333. The first-order valence-corrected chi connectivity index (χ1v) is 6.61. The van der Waals surface area contributed by atoms with Crippen LogP contribution >= 0.6 is 11.3 Å². The molecule has 1 N–H and O–H groups in total. The molecule has 0 unspecified atom stereocenters. The number of rotatable bonds is 2. The van der Waals surface area contributed by atoms with Crippen molar-refractivity contribution in [1.29, 1.82) is 0 Å². The van der Waals surface area contributed by atoms with E-state index in [1.165, 1.54) is 5.69 Å². The van der Waals surface area contributed by atoms with Crippen LogP contribution in [0.4, 0.5) is 0 Å². The Hall–Kier alpha value is -1.62. The molecule has 4 nitrogen and oxygen atoms in total. The maximum atomic E-state index is 11.9. The van der Waals surface area contributed by atoms with Crippen LogP contribution in [0.2, 0.25) is 0 Å². The number of carbonyl (C=O) groups excluding carboxylic acids is 1. The number of thiophene rings is 1. The van der Waals surface area contributed by atoms with Crippen molar-refractivity contribution >= 4 is 17.2 Å². The molecule has 0 aromatic carbocycles. The fourth-order valence-electron chi connectivity index (χ4n) is 2.15. The molecule has 0 spiro atoms. The third-order valence-electron chi connectivity index (χ3n) is 3.07. The van der Waals surface area contributed by atoms with Gasteiger partial charge in [0.15, 0.2) is 0 Å². The summed E-state index contributed by atoms with van der Waals surface area (Å²) in [5.74, 6) is 0.0317. The van der Waals surface area contributed by atoms with Crippen molar-refractivity contribution in [3.8, 4) is 0 Å². The molecule has 0 radical (unpaired) electrons. The summed E-state index contributed by atoms with van der Waals surface area (Å²) < 4.78 is 2.01. The Morgan fingerprint density at radius 3 is 3.29 bits per heavy atom. The van der Waals surface area contributed by atoms with E-state index in [0.29, 0.717) is 0 Å². The molecule has 2 aromatic rings. The highest BCUT2D eigenvalue weighted by molar-refractivity contribution is 7.08. The van der Waals surface area contributed by atoms with Gasteiger partial charge in [-0.2, -0.15) is 16.4 Å². The van der Waals surface area contributed by atoms with Crippen LogP contribution in [-0.2, 0) is 13.0 Å². The zero-order valence-corrected chi connectivity index (χ0v) is 10.1. The average Bonchev–Trinajstić information content (AvgIpc) is 2.99. The Bertz CT molecular complexity index is 518. The first-order valence-electron chi connectivity index (χ1n) is 5.66. The molecule has 1 aliphatic heterocycles. The van der Waals surface area contributed by atoms with Crippen LogP contribution in [0.5, 0.6) is 0 Å². The quantitative estimate of drug-likeness (QED) is 0.878. The van der Waals surface area contributed by atoms with Gasteiger partial charge in [0.1, 0.15) is 0 Å². The van der Waals surface area contributed by atoms with Gasteiger partial charge in [-0.25, -0.2) is 0 Å². The van der Waals surface area contributed by atoms with Crippen molar-refractivity contribution in [3.63, 3.8) is 0 Å². The lowest BCUT2D eigenvalue weighted by molar-refractivity contribution is 0.0930. The number of fused-ring (bicyclic) bond motifs is 1. The molecule has 0 aliphatic carbocycles. The smallest absolute Gasteiger partial charge is 0.252 e. The van der Waals surface area contributed by atoms with Gasteiger partial charge in [-0.05, 0) is 23.9 Å². The minimum atomic E-state index is 0.0317. The van der Waals surface area contributed by atoms with Gasteiger partial charge < -0.3 is 5.32 Å². The third-order valence-corrected chi connectivity index (χ3v) is 3.75. The Morgan fingerprint density at radius 2 is 2.47 bits per heavy atom. The maximum absolute atomic E-state index is 11.9. The summed E-state index contributed by atoms with van der Waals surface area (Å²) in [6.07, 6.45) is 3.64. The van der Waals surface area contributed by atoms with E-state index in [9.17, 15) is 4.79 Å². The molecule has 0 saturated heterocycles. The summed E-state index contributed by atoms with van der Waals surface area (Å²) in [5, 5.41) is 11.1. The number of hydrogen-bond acceptors (Lipinski definition) is 3. The number of aryl methyl sites for hydroxylation is 1. The molecule has 1 atom stereocenters. The Balaban J connectivity index is 1.66. The summed E-state index contributed by atoms with van der Waals surface area (Å²) in [6, 6.07) is 4.10. The van der Waals surface area contributed by atoms with Crippen molar-refractivity contribution in [2.75, 3.05) is 0 Å². The van der Waals surface area contributed by atoms with Gasteiger partial charge >= 0.3 is 0 Å². The molecule has 1 amide bonds. The first kappa shape index (κ1) is 10.5. The number of hydrogen-bond donors (Lipinski definition) is 1. The van der Waals surface area contributed by atoms with Gasteiger partial charge in [0, 0.05) is 41.8 Å². The van der Waals surface area contributed by atoms with E-state index >= 15 is 0 Å². The minimum Gasteiger partial charge on any atom is -0.349 e. The van der Waals surface area contributed by atoms with E-state index in [1.54, 1.807) is 11.3 Å². The standard InChI is InChI=1S/C12H13N3OS/c16-12(9-3-6-17-8-9)14-10-2-5-15-11(7-10)1-4-13-15/h1,3-4,6,8,10H,2,5,7H2,(H,14,16)/t10-/m0/s1. The molecule has 0 saturated carbocycles. The van der Waals surface area contributed by atoms with E-state index < -0.39 is 0 Å².